The van der Waals surface area contributed by atoms with Gasteiger partial charge in [-0.15, -0.1) is 0 Å². The zero-order valence-electron chi connectivity index (χ0n) is 17.4. The van der Waals surface area contributed by atoms with Crippen LogP contribution in [-0.2, 0) is 31.4 Å². The molecule has 11 heteroatoms. The van der Waals surface area contributed by atoms with Gasteiger partial charge in [0.15, 0.2) is 0 Å². The van der Waals surface area contributed by atoms with Crippen molar-refractivity contribution in [3.63, 3.8) is 0 Å². The Morgan fingerprint density at radius 3 is 2.26 bits per heavy atom. The first-order chi connectivity index (χ1) is 14.4. The number of aromatic nitrogens is 1. The third kappa shape index (κ3) is 4.83. The maximum absolute atomic E-state index is 12.9. The van der Waals surface area contributed by atoms with Crippen molar-refractivity contribution in [2.24, 2.45) is 0 Å². The van der Waals surface area contributed by atoms with Crippen LogP contribution in [0.4, 0.5) is 5.69 Å². The fourth-order valence-electron chi connectivity index (χ4n) is 3.34. The molecule has 0 radical (unpaired) electrons. The number of ether oxygens (including phenoxy) is 2. The van der Waals surface area contributed by atoms with Gasteiger partial charge in [0, 0.05) is 17.1 Å². The number of sulfonamides is 1. The Hall–Kier alpha value is -3.05. The van der Waals surface area contributed by atoms with Gasteiger partial charge in [-0.25, -0.2) is 25.6 Å². The van der Waals surface area contributed by atoms with E-state index in [1.54, 1.807) is 24.3 Å². The Morgan fingerprint density at radius 1 is 1.06 bits per heavy atom. The molecule has 3 aromatic rings. The monoisotopic (exact) mass is 466 g/mol. The van der Waals surface area contributed by atoms with Crippen molar-refractivity contribution in [3.05, 3.63) is 59.3 Å². The number of fused-ring (bicyclic) bond motifs is 1. The largest absolute Gasteiger partial charge is 0.494 e. The van der Waals surface area contributed by atoms with Crippen molar-refractivity contribution in [3.8, 4) is 5.75 Å². The molecule has 0 aliphatic rings. The fraction of sp³-hybridized carbons (Fsp3) is 0.250. The maximum atomic E-state index is 12.9. The summed E-state index contributed by atoms with van der Waals surface area (Å²) in [5.41, 5.74) is 1.17. The molecule has 0 spiro atoms. The van der Waals surface area contributed by atoms with Gasteiger partial charge in [0.05, 0.1) is 36.4 Å². The van der Waals surface area contributed by atoms with Crippen LogP contribution >= 0.6 is 0 Å². The molecule has 9 nitrogen and oxygen atoms in total. The van der Waals surface area contributed by atoms with E-state index in [1.807, 2.05) is 6.07 Å². The molecule has 0 saturated carbocycles. The number of nitrogens with zero attached hydrogens (tertiary/aromatic N) is 1. The predicted octanol–water partition coefficient (Wildman–Crippen LogP) is 2.49. The highest BCUT2D eigenvalue weighted by Gasteiger charge is 2.27. The summed E-state index contributed by atoms with van der Waals surface area (Å²) in [7, 11) is -6.14. The van der Waals surface area contributed by atoms with Gasteiger partial charge in [-0.05, 0) is 18.6 Å². The van der Waals surface area contributed by atoms with E-state index in [9.17, 15) is 21.6 Å². The molecule has 1 aromatic heterocycles. The van der Waals surface area contributed by atoms with Crippen molar-refractivity contribution in [2.75, 3.05) is 24.3 Å². The Kier molecular flexibility index (Phi) is 6.01. The lowest BCUT2D eigenvalue weighted by Gasteiger charge is -2.11. The molecule has 0 unspecified atom stereocenters. The van der Waals surface area contributed by atoms with Gasteiger partial charge in [-0.3, -0.25) is 4.72 Å². The Bertz CT molecular complexity index is 1360. The first kappa shape index (κ1) is 22.6. The van der Waals surface area contributed by atoms with Crippen LogP contribution in [0.5, 0.6) is 5.75 Å². The minimum Gasteiger partial charge on any atom is -0.494 e. The van der Waals surface area contributed by atoms with Crippen LogP contribution in [0.1, 0.15) is 21.6 Å². The first-order valence-electron chi connectivity index (χ1n) is 9.05. The molecule has 166 valence electrons. The number of anilines is 1. The normalized spacial score (nSPS) is 12.0. The lowest BCUT2D eigenvalue weighted by atomic mass is 10.1. The lowest BCUT2D eigenvalue weighted by Crippen LogP contribution is -2.13. The van der Waals surface area contributed by atoms with Gasteiger partial charge in [-0.1, -0.05) is 30.3 Å². The fourth-order valence-corrected chi connectivity index (χ4v) is 5.00. The number of hydrogen-bond acceptors (Lipinski definition) is 7. The standard InChI is InChI=1S/C20H22N2O7S2/c1-13-19(20(23)29-12-14-8-6-5-7-9-14)15-10-16(21-30(3,24)25)18(28-2)11-17(15)22(13)31(4,26)27/h5-11,21H,12H2,1-4H3. The molecular formula is C20H22N2O7S2. The summed E-state index contributed by atoms with van der Waals surface area (Å²) in [6.45, 7) is 1.48. The van der Waals surface area contributed by atoms with Crippen LogP contribution in [0, 0.1) is 6.92 Å². The average molecular weight is 467 g/mol. The molecular weight excluding hydrogens is 444 g/mol. The Labute approximate surface area is 180 Å². The summed E-state index contributed by atoms with van der Waals surface area (Å²) in [4.78, 5) is 12.9. The zero-order valence-corrected chi connectivity index (χ0v) is 19.0. The number of hydrogen-bond donors (Lipinski definition) is 1. The number of nitrogens with one attached hydrogen (secondary N) is 1. The SMILES string of the molecule is COc1cc2c(cc1NS(C)(=O)=O)c(C(=O)OCc1ccccc1)c(C)n2S(C)(=O)=O. The van der Waals surface area contributed by atoms with E-state index in [-0.39, 0.29) is 40.2 Å². The number of esters is 1. The summed E-state index contributed by atoms with van der Waals surface area (Å²) in [6.07, 6.45) is 1.98. The van der Waals surface area contributed by atoms with Gasteiger partial charge >= 0.3 is 5.97 Å². The highest BCUT2D eigenvalue weighted by atomic mass is 32.2. The molecule has 3 rings (SSSR count). The number of benzene rings is 2. The van der Waals surface area contributed by atoms with Gasteiger partial charge in [0.2, 0.25) is 20.0 Å². The molecule has 2 aromatic carbocycles. The summed E-state index contributed by atoms with van der Waals surface area (Å²) < 4.78 is 62.4. The second-order valence-corrected chi connectivity index (χ2v) is 10.6. The Morgan fingerprint density at radius 2 is 1.71 bits per heavy atom. The third-order valence-corrected chi connectivity index (χ3v) is 6.24. The molecule has 0 aliphatic heterocycles. The number of methoxy groups -OCH3 is 1. The molecule has 0 fully saturated rings. The van der Waals surface area contributed by atoms with Gasteiger partial charge in [0.1, 0.15) is 12.4 Å². The van der Waals surface area contributed by atoms with Gasteiger partial charge in [0.25, 0.3) is 0 Å². The van der Waals surface area contributed by atoms with E-state index in [4.69, 9.17) is 9.47 Å². The van der Waals surface area contributed by atoms with Gasteiger partial charge in [-0.2, -0.15) is 0 Å². The van der Waals surface area contributed by atoms with Crippen LogP contribution in [0.3, 0.4) is 0 Å². The van der Waals surface area contributed by atoms with Crippen LogP contribution in [0.25, 0.3) is 10.9 Å². The molecule has 0 amide bonds. The highest BCUT2D eigenvalue weighted by molar-refractivity contribution is 7.92. The molecule has 1 N–H and O–H groups in total. The number of carbonyl (C=O) groups excluding carboxylic acids is 1. The van der Waals surface area contributed by atoms with E-state index in [0.717, 1.165) is 22.0 Å². The van der Waals surface area contributed by atoms with E-state index >= 15 is 0 Å². The molecule has 0 bridgehead atoms. The van der Waals surface area contributed by atoms with Crippen molar-refractivity contribution >= 4 is 42.6 Å². The van der Waals surface area contributed by atoms with Gasteiger partial charge < -0.3 is 9.47 Å². The Balaban J connectivity index is 2.20. The van der Waals surface area contributed by atoms with Crippen LogP contribution in [0.15, 0.2) is 42.5 Å². The highest BCUT2D eigenvalue weighted by Crippen LogP contribution is 2.36. The van der Waals surface area contributed by atoms with Crippen molar-refractivity contribution in [1.82, 2.24) is 3.97 Å². The summed E-state index contributed by atoms with van der Waals surface area (Å²) in [6, 6.07) is 11.8. The van der Waals surface area contributed by atoms with E-state index in [0.29, 0.717) is 0 Å². The van der Waals surface area contributed by atoms with E-state index < -0.39 is 26.0 Å². The lowest BCUT2D eigenvalue weighted by molar-refractivity contribution is 0.0474. The number of carbonyl (C=O) groups is 1. The third-order valence-electron chi connectivity index (χ3n) is 4.52. The number of rotatable bonds is 7. The summed E-state index contributed by atoms with van der Waals surface area (Å²) in [5.74, 6) is -0.631. The van der Waals surface area contributed by atoms with E-state index in [2.05, 4.69) is 4.72 Å². The second-order valence-electron chi connectivity index (χ2n) is 6.99. The van der Waals surface area contributed by atoms with Crippen LogP contribution in [0.2, 0.25) is 0 Å². The van der Waals surface area contributed by atoms with Crippen LogP contribution in [-0.4, -0.2) is 46.4 Å². The summed E-state index contributed by atoms with van der Waals surface area (Å²) >= 11 is 0. The second kappa shape index (κ2) is 8.23. The van der Waals surface area contributed by atoms with Crippen molar-refractivity contribution in [1.29, 1.82) is 0 Å². The first-order valence-corrected chi connectivity index (χ1v) is 12.8. The van der Waals surface area contributed by atoms with E-state index in [1.165, 1.54) is 26.2 Å². The maximum Gasteiger partial charge on any atom is 0.340 e. The van der Waals surface area contributed by atoms with Crippen molar-refractivity contribution in [2.45, 2.75) is 13.5 Å². The predicted molar refractivity (Wildman–Crippen MR) is 117 cm³/mol. The smallest absolute Gasteiger partial charge is 0.340 e. The zero-order chi connectivity index (χ0) is 23.0. The molecule has 0 aliphatic carbocycles. The van der Waals surface area contributed by atoms with Crippen molar-refractivity contribution < 1.29 is 31.1 Å². The van der Waals surface area contributed by atoms with Crippen LogP contribution < -0.4 is 9.46 Å². The topological polar surface area (TPSA) is 121 Å². The minimum absolute atomic E-state index is 0.00470. The molecule has 0 saturated heterocycles. The molecule has 1 heterocycles. The summed E-state index contributed by atoms with van der Waals surface area (Å²) in [5, 5.41) is 0.216. The quantitative estimate of drug-likeness (QED) is 0.531. The average Bonchev–Trinajstić information content (AvgIpc) is 2.96. The minimum atomic E-state index is -3.80. The molecule has 31 heavy (non-hydrogen) atoms. The molecule has 0 atom stereocenters.